The van der Waals surface area contributed by atoms with E-state index in [9.17, 15) is 0 Å². The summed E-state index contributed by atoms with van der Waals surface area (Å²) in [5.41, 5.74) is 2.89. The van der Waals surface area contributed by atoms with Crippen LogP contribution in [0.4, 0.5) is 0 Å². The Morgan fingerprint density at radius 2 is 1.96 bits per heavy atom. The molecule has 4 aromatic rings. The second-order valence-electron chi connectivity index (χ2n) is 5.18. The van der Waals surface area contributed by atoms with Crippen molar-refractivity contribution in [1.82, 2.24) is 15.1 Å². The fourth-order valence-corrected chi connectivity index (χ4v) is 2.65. The zero-order valence-electron chi connectivity index (χ0n) is 12.9. The van der Waals surface area contributed by atoms with Gasteiger partial charge in [0, 0.05) is 17.5 Å². The topological polar surface area (TPSA) is 74.2 Å². The van der Waals surface area contributed by atoms with Crippen molar-refractivity contribution in [3.05, 3.63) is 47.3 Å². The van der Waals surface area contributed by atoms with Crippen molar-refractivity contribution in [2.45, 2.75) is 6.92 Å². The molecule has 7 heteroatoms. The van der Waals surface area contributed by atoms with E-state index in [1.54, 1.807) is 32.2 Å². The maximum Gasteiger partial charge on any atom is 0.262 e. The lowest BCUT2D eigenvalue weighted by Gasteiger charge is -2.04. The molecular formula is C17H12ClN3O3. The van der Waals surface area contributed by atoms with Gasteiger partial charge in [-0.3, -0.25) is 0 Å². The first-order valence-corrected chi connectivity index (χ1v) is 7.57. The van der Waals surface area contributed by atoms with Crippen LogP contribution in [0.15, 0.2) is 45.3 Å². The third-order valence-electron chi connectivity index (χ3n) is 3.57. The van der Waals surface area contributed by atoms with Crippen LogP contribution < -0.4 is 4.74 Å². The van der Waals surface area contributed by atoms with E-state index in [1.165, 1.54) is 0 Å². The van der Waals surface area contributed by atoms with E-state index in [0.717, 1.165) is 16.7 Å². The Balaban J connectivity index is 1.77. The fourth-order valence-electron chi connectivity index (χ4n) is 2.48. The highest BCUT2D eigenvalue weighted by Crippen LogP contribution is 2.33. The molecule has 0 bridgehead atoms. The van der Waals surface area contributed by atoms with Crippen LogP contribution in [-0.2, 0) is 0 Å². The number of methoxy groups -OCH3 is 1. The van der Waals surface area contributed by atoms with Gasteiger partial charge in [-0.2, -0.15) is 4.98 Å². The number of rotatable bonds is 3. The molecule has 0 N–H and O–H groups in total. The molecule has 6 nitrogen and oxygen atoms in total. The lowest BCUT2D eigenvalue weighted by molar-refractivity contribution is 0.405. The highest BCUT2D eigenvalue weighted by Gasteiger charge is 2.16. The van der Waals surface area contributed by atoms with Gasteiger partial charge in [-0.05, 0) is 36.4 Å². The van der Waals surface area contributed by atoms with Crippen LogP contribution in [0.1, 0.15) is 5.89 Å². The molecule has 0 atom stereocenters. The molecule has 0 saturated carbocycles. The number of benzene rings is 2. The van der Waals surface area contributed by atoms with Crippen LogP contribution in [0.2, 0.25) is 5.02 Å². The number of nitrogens with zero attached hydrogens (tertiary/aromatic N) is 3. The summed E-state index contributed by atoms with van der Waals surface area (Å²) in [4.78, 5) is 8.75. The van der Waals surface area contributed by atoms with Crippen molar-refractivity contribution in [2.75, 3.05) is 7.11 Å². The summed E-state index contributed by atoms with van der Waals surface area (Å²) >= 11 is 6.05. The second-order valence-corrected chi connectivity index (χ2v) is 5.62. The van der Waals surface area contributed by atoms with Gasteiger partial charge in [0.1, 0.15) is 11.3 Å². The molecule has 0 aliphatic heterocycles. The van der Waals surface area contributed by atoms with Crippen LogP contribution >= 0.6 is 11.6 Å². The molecule has 4 rings (SSSR count). The van der Waals surface area contributed by atoms with E-state index in [-0.39, 0.29) is 0 Å². The Morgan fingerprint density at radius 3 is 2.79 bits per heavy atom. The van der Waals surface area contributed by atoms with Crippen molar-refractivity contribution in [3.8, 4) is 28.6 Å². The lowest BCUT2D eigenvalue weighted by atomic mass is 10.2. The Bertz CT molecular complexity index is 1040. The summed E-state index contributed by atoms with van der Waals surface area (Å²) in [6.45, 7) is 1.80. The monoisotopic (exact) mass is 341 g/mol. The Labute approximate surface area is 142 Å². The molecule has 120 valence electrons. The molecule has 2 aromatic heterocycles. The number of hydrogen-bond donors (Lipinski definition) is 0. The second kappa shape index (κ2) is 5.65. The molecule has 0 aliphatic rings. The predicted octanol–water partition coefficient (Wildman–Crippen LogP) is 4.52. The number of aryl methyl sites for hydroxylation is 1. The molecule has 0 saturated heterocycles. The first-order chi connectivity index (χ1) is 11.6. The van der Waals surface area contributed by atoms with Gasteiger partial charge >= 0.3 is 0 Å². The highest BCUT2D eigenvalue weighted by atomic mass is 35.5. The molecule has 24 heavy (non-hydrogen) atoms. The highest BCUT2D eigenvalue weighted by molar-refractivity contribution is 6.30. The number of ether oxygens (including phenoxy) is 1. The SMILES string of the molecule is COc1ccc(Cl)cc1-c1nc(-c2ccc3oc(C)nc3c2)no1. The average Bonchev–Trinajstić information content (AvgIpc) is 3.19. The van der Waals surface area contributed by atoms with E-state index in [1.807, 2.05) is 18.2 Å². The van der Waals surface area contributed by atoms with E-state index in [2.05, 4.69) is 15.1 Å². The minimum absolute atomic E-state index is 0.334. The number of halogens is 1. The van der Waals surface area contributed by atoms with Gasteiger partial charge in [0.15, 0.2) is 11.5 Å². The quantitative estimate of drug-likeness (QED) is 0.545. The van der Waals surface area contributed by atoms with Crippen LogP contribution in [0.25, 0.3) is 33.9 Å². The molecule has 0 unspecified atom stereocenters. The number of fused-ring (bicyclic) bond motifs is 1. The van der Waals surface area contributed by atoms with Gasteiger partial charge in [-0.25, -0.2) is 4.98 Å². The molecule has 0 radical (unpaired) electrons. The van der Waals surface area contributed by atoms with Crippen LogP contribution in [0.5, 0.6) is 5.75 Å². The maximum absolute atomic E-state index is 6.05. The van der Waals surface area contributed by atoms with Crippen LogP contribution in [-0.4, -0.2) is 22.2 Å². The van der Waals surface area contributed by atoms with Crippen molar-refractivity contribution in [1.29, 1.82) is 0 Å². The first kappa shape index (κ1) is 14.7. The smallest absolute Gasteiger partial charge is 0.262 e. The summed E-state index contributed by atoms with van der Waals surface area (Å²) in [6, 6.07) is 10.8. The normalized spacial score (nSPS) is 11.1. The van der Waals surface area contributed by atoms with Gasteiger partial charge in [-0.1, -0.05) is 16.8 Å². The number of aromatic nitrogens is 3. The van der Waals surface area contributed by atoms with Crippen molar-refractivity contribution < 1.29 is 13.7 Å². The van der Waals surface area contributed by atoms with Crippen molar-refractivity contribution >= 4 is 22.7 Å². The van der Waals surface area contributed by atoms with Gasteiger partial charge in [0.05, 0.1) is 12.7 Å². The predicted molar refractivity (Wildman–Crippen MR) is 89.0 cm³/mol. The molecule has 0 amide bonds. The Kier molecular flexibility index (Phi) is 3.46. The fraction of sp³-hybridized carbons (Fsp3) is 0.118. The largest absolute Gasteiger partial charge is 0.496 e. The van der Waals surface area contributed by atoms with Crippen LogP contribution in [0.3, 0.4) is 0 Å². The minimum atomic E-state index is 0.334. The van der Waals surface area contributed by atoms with E-state index in [4.69, 9.17) is 25.3 Å². The molecule has 2 aromatic carbocycles. The average molecular weight is 342 g/mol. The lowest BCUT2D eigenvalue weighted by Crippen LogP contribution is -1.88. The van der Waals surface area contributed by atoms with Gasteiger partial charge in [-0.15, -0.1) is 0 Å². The van der Waals surface area contributed by atoms with Crippen molar-refractivity contribution in [2.24, 2.45) is 0 Å². The van der Waals surface area contributed by atoms with Gasteiger partial charge in [0.2, 0.25) is 5.82 Å². The molecule has 0 fully saturated rings. The summed E-state index contributed by atoms with van der Waals surface area (Å²) in [5.74, 6) is 2.01. The first-order valence-electron chi connectivity index (χ1n) is 7.19. The summed E-state index contributed by atoms with van der Waals surface area (Å²) in [7, 11) is 1.57. The van der Waals surface area contributed by atoms with Crippen LogP contribution in [0, 0.1) is 6.92 Å². The zero-order valence-corrected chi connectivity index (χ0v) is 13.7. The Hall–Kier alpha value is -2.86. The van der Waals surface area contributed by atoms with Gasteiger partial charge in [0.25, 0.3) is 5.89 Å². The maximum atomic E-state index is 6.05. The standard InChI is InChI=1S/C17H12ClN3O3/c1-9-19-13-7-10(3-5-15(13)23-9)16-20-17(24-21-16)12-8-11(18)4-6-14(12)22-2/h3-8H,1-2H3. The van der Waals surface area contributed by atoms with Gasteiger partial charge < -0.3 is 13.7 Å². The molecular weight excluding hydrogens is 330 g/mol. The minimum Gasteiger partial charge on any atom is -0.496 e. The Morgan fingerprint density at radius 1 is 1.08 bits per heavy atom. The van der Waals surface area contributed by atoms with E-state index >= 15 is 0 Å². The number of hydrogen-bond acceptors (Lipinski definition) is 6. The van der Waals surface area contributed by atoms with E-state index in [0.29, 0.717) is 33.9 Å². The third-order valence-corrected chi connectivity index (χ3v) is 3.81. The van der Waals surface area contributed by atoms with E-state index < -0.39 is 0 Å². The molecule has 0 spiro atoms. The number of oxazole rings is 1. The summed E-state index contributed by atoms with van der Waals surface area (Å²) in [5, 5.41) is 4.60. The zero-order chi connectivity index (χ0) is 16.7. The molecule has 2 heterocycles. The summed E-state index contributed by atoms with van der Waals surface area (Å²) in [6.07, 6.45) is 0. The summed E-state index contributed by atoms with van der Waals surface area (Å²) < 4.78 is 16.2. The van der Waals surface area contributed by atoms with Crippen molar-refractivity contribution in [3.63, 3.8) is 0 Å². The molecule has 0 aliphatic carbocycles. The third kappa shape index (κ3) is 2.51.